The first kappa shape index (κ1) is 20.0. The molecule has 0 fully saturated rings. The molecule has 0 saturated carbocycles. The number of aryl methyl sites for hydroxylation is 1. The first-order valence-corrected chi connectivity index (χ1v) is 10.1. The summed E-state index contributed by atoms with van der Waals surface area (Å²) in [5.74, 6) is 0. The third-order valence-electron chi connectivity index (χ3n) is 2.89. The molecule has 1 atom stereocenters. The second-order valence-corrected chi connectivity index (χ2v) is 9.57. The van der Waals surface area contributed by atoms with Crippen LogP contribution in [0.5, 0.6) is 0 Å². The molecule has 1 aromatic rings. The van der Waals surface area contributed by atoms with Crippen molar-refractivity contribution in [3.8, 4) is 0 Å². The number of hydrogen-bond acceptors (Lipinski definition) is 4. The number of amides is 1. The Bertz CT molecular complexity index is 674. The van der Waals surface area contributed by atoms with Crippen LogP contribution in [-0.2, 0) is 14.5 Å². The minimum Gasteiger partial charge on any atom is -0.444 e. The van der Waals surface area contributed by atoms with Crippen LogP contribution in [0.4, 0.5) is 4.79 Å². The topological polar surface area (TPSA) is 67.8 Å². The number of rotatable bonds is 5. The highest BCUT2D eigenvalue weighted by Crippen LogP contribution is 2.21. The number of nitrogens with one attached hydrogen (secondary N) is 1. The van der Waals surface area contributed by atoms with Gasteiger partial charge in [-0.2, -0.15) is 0 Å². The summed E-state index contributed by atoms with van der Waals surface area (Å²) in [5, 5.41) is 2.66. The van der Waals surface area contributed by atoms with Crippen molar-refractivity contribution in [2.75, 3.05) is 19.3 Å². The van der Waals surface area contributed by atoms with Gasteiger partial charge in [0.25, 0.3) is 0 Å². The molecule has 130 valence electrons. The lowest BCUT2D eigenvalue weighted by Gasteiger charge is -2.19. The van der Waals surface area contributed by atoms with Gasteiger partial charge in [-0.25, -0.2) is 13.4 Å². The lowest BCUT2D eigenvalue weighted by molar-refractivity contribution is 0.0527. The van der Waals surface area contributed by atoms with Crippen LogP contribution in [0.1, 0.15) is 32.8 Å². The molecule has 0 aliphatic rings. The molecule has 7 heteroatoms. The third kappa shape index (κ3) is 7.35. The third-order valence-corrected chi connectivity index (χ3v) is 5.33. The average molecular weight is 405 g/mol. The van der Waals surface area contributed by atoms with E-state index in [9.17, 15) is 9.00 Å². The van der Waals surface area contributed by atoms with E-state index < -0.39 is 21.4 Å². The van der Waals surface area contributed by atoms with Gasteiger partial charge in [-0.3, -0.25) is 0 Å². The Balaban J connectivity index is 2.54. The second-order valence-electron chi connectivity index (χ2n) is 6.35. The van der Waals surface area contributed by atoms with Crippen molar-refractivity contribution in [3.63, 3.8) is 0 Å². The minimum absolute atomic E-state index is 0.417. The molecule has 1 amide bonds. The van der Waals surface area contributed by atoms with Gasteiger partial charge >= 0.3 is 6.09 Å². The van der Waals surface area contributed by atoms with Crippen LogP contribution in [0.2, 0.25) is 0 Å². The molecule has 5 nitrogen and oxygen atoms in total. The molecule has 0 aliphatic heterocycles. The summed E-state index contributed by atoms with van der Waals surface area (Å²) in [6.45, 7) is 8.22. The smallest absolute Gasteiger partial charge is 0.407 e. The molecular weight excluding hydrogens is 380 g/mol. The van der Waals surface area contributed by atoms with E-state index in [1.165, 1.54) is 0 Å². The Labute approximate surface area is 147 Å². The van der Waals surface area contributed by atoms with Gasteiger partial charge in [-0.05, 0) is 57.9 Å². The highest BCUT2D eigenvalue weighted by Gasteiger charge is 2.15. The van der Waals surface area contributed by atoms with Crippen molar-refractivity contribution in [2.24, 2.45) is 4.36 Å². The predicted octanol–water partition coefficient (Wildman–Crippen LogP) is 4.13. The number of nitrogens with zero attached hydrogens (tertiary/aromatic N) is 1. The lowest BCUT2D eigenvalue weighted by atomic mass is 10.2. The van der Waals surface area contributed by atoms with E-state index in [4.69, 9.17) is 4.74 Å². The van der Waals surface area contributed by atoms with Gasteiger partial charge in [0.1, 0.15) is 5.60 Å². The SMILES string of the molecule is Cc1cc(Br)ccc1S(C)(=O)=NCCCNC(=O)OC(C)(C)C. The van der Waals surface area contributed by atoms with Crippen molar-refractivity contribution >= 4 is 31.8 Å². The molecule has 0 heterocycles. The molecule has 0 saturated heterocycles. The van der Waals surface area contributed by atoms with Crippen LogP contribution in [0.3, 0.4) is 0 Å². The van der Waals surface area contributed by atoms with Gasteiger partial charge in [-0.1, -0.05) is 15.9 Å². The minimum atomic E-state index is -2.43. The van der Waals surface area contributed by atoms with Crippen LogP contribution in [0.15, 0.2) is 31.9 Å². The Morgan fingerprint density at radius 2 is 2.04 bits per heavy atom. The number of alkyl carbamates (subject to hydrolysis) is 1. The summed E-state index contributed by atoms with van der Waals surface area (Å²) < 4.78 is 23.1. The van der Waals surface area contributed by atoms with E-state index in [1.54, 1.807) is 6.26 Å². The molecule has 1 rings (SSSR count). The molecule has 23 heavy (non-hydrogen) atoms. The Morgan fingerprint density at radius 1 is 1.39 bits per heavy atom. The first-order chi connectivity index (χ1) is 10.5. The highest BCUT2D eigenvalue weighted by atomic mass is 79.9. The average Bonchev–Trinajstić information content (AvgIpc) is 2.35. The van der Waals surface area contributed by atoms with E-state index in [1.807, 2.05) is 45.9 Å². The Kier molecular flexibility index (Phi) is 7.07. The van der Waals surface area contributed by atoms with Crippen LogP contribution in [0.25, 0.3) is 0 Å². The number of halogens is 1. The highest BCUT2D eigenvalue weighted by molar-refractivity contribution is 9.10. The molecule has 0 radical (unpaired) electrons. The summed E-state index contributed by atoms with van der Waals surface area (Å²) in [6, 6.07) is 5.63. The quantitative estimate of drug-likeness (QED) is 0.749. The maximum absolute atomic E-state index is 12.7. The zero-order chi connectivity index (χ0) is 17.7. The van der Waals surface area contributed by atoms with Crippen molar-refractivity contribution in [1.82, 2.24) is 5.32 Å². The van der Waals surface area contributed by atoms with E-state index in [0.717, 1.165) is 14.9 Å². The number of benzene rings is 1. The largest absolute Gasteiger partial charge is 0.444 e. The molecule has 1 aromatic carbocycles. The zero-order valence-electron chi connectivity index (χ0n) is 14.3. The molecule has 0 aliphatic carbocycles. The fraction of sp³-hybridized carbons (Fsp3) is 0.562. The van der Waals surface area contributed by atoms with Crippen molar-refractivity contribution in [1.29, 1.82) is 0 Å². The predicted molar refractivity (Wildman–Crippen MR) is 97.4 cm³/mol. The van der Waals surface area contributed by atoms with E-state index >= 15 is 0 Å². The van der Waals surface area contributed by atoms with Gasteiger partial charge in [0.15, 0.2) is 0 Å². The summed E-state index contributed by atoms with van der Waals surface area (Å²) in [6.07, 6.45) is 1.81. The zero-order valence-corrected chi connectivity index (χ0v) is 16.7. The molecule has 0 aromatic heterocycles. The maximum atomic E-state index is 12.7. The van der Waals surface area contributed by atoms with Crippen molar-refractivity contribution in [3.05, 3.63) is 28.2 Å². The van der Waals surface area contributed by atoms with E-state index in [2.05, 4.69) is 25.6 Å². The second kappa shape index (κ2) is 8.15. The van der Waals surface area contributed by atoms with Crippen LogP contribution in [-0.4, -0.2) is 35.2 Å². The van der Waals surface area contributed by atoms with E-state index in [-0.39, 0.29) is 0 Å². The van der Waals surface area contributed by atoms with Crippen LogP contribution < -0.4 is 5.32 Å². The number of carbonyl (C=O) groups is 1. The molecule has 1 N–H and O–H groups in total. The normalized spacial score (nSPS) is 14.0. The lowest BCUT2D eigenvalue weighted by Crippen LogP contribution is -2.33. The van der Waals surface area contributed by atoms with Gasteiger partial charge < -0.3 is 10.1 Å². The van der Waals surface area contributed by atoms with Crippen molar-refractivity contribution < 1.29 is 13.7 Å². The fourth-order valence-electron chi connectivity index (χ4n) is 1.93. The monoisotopic (exact) mass is 404 g/mol. The van der Waals surface area contributed by atoms with Gasteiger partial charge in [-0.15, -0.1) is 0 Å². The van der Waals surface area contributed by atoms with Crippen LogP contribution >= 0.6 is 15.9 Å². The maximum Gasteiger partial charge on any atom is 0.407 e. The summed E-state index contributed by atoms with van der Waals surface area (Å²) in [7, 11) is -2.43. The van der Waals surface area contributed by atoms with E-state index in [0.29, 0.717) is 19.5 Å². The Hall–Kier alpha value is -1.08. The molecule has 0 bridgehead atoms. The van der Waals surface area contributed by atoms with Gasteiger partial charge in [0.05, 0.1) is 21.2 Å². The standard InChI is InChI=1S/C16H25BrN2O3S/c1-12-11-13(17)7-8-14(12)23(5,21)19-10-6-9-18-15(20)22-16(2,3)4/h7-8,11H,6,9-10H2,1-5H3,(H,18,20). The molecular formula is C16H25BrN2O3S. The summed E-state index contributed by atoms with van der Waals surface area (Å²) >= 11 is 3.39. The number of carbonyl (C=O) groups excluding carboxylic acids is 1. The van der Waals surface area contributed by atoms with Gasteiger partial charge in [0.2, 0.25) is 0 Å². The van der Waals surface area contributed by atoms with Gasteiger partial charge in [0, 0.05) is 17.3 Å². The van der Waals surface area contributed by atoms with Crippen molar-refractivity contribution in [2.45, 2.75) is 44.6 Å². The number of ether oxygens (including phenoxy) is 1. The summed E-state index contributed by atoms with van der Waals surface area (Å²) in [4.78, 5) is 12.2. The number of hydrogen-bond donors (Lipinski definition) is 1. The molecule has 0 spiro atoms. The van der Waals surface area contributed by atoms with Crippen LogP contribution in [0, 0.1) is 6.92 Å². The Morgan fingerprint density at radius 3 is 2.61 bits per heavy atom. The molecule has 1 unspecified atom stereocenters. The summed E-state index contributed by atoms with van der Waals surface area (Å²) in [5.41, 5.74) is 0.438. The fourth-order valence-corrected chi connectivity index (χ4v) is 4.00. The first-order valence-electron chi connectivity index (χ1n) is 7.42.